The lowest BCUT2D eigenvalue weighted by Crippen LogP contribution is -2.63. The van der Waals surface area contributed by atoms with Gasteiger partial charge in [0, 0.05) is 43.2 Å². The van der Waals surface area contributed by atoms with E-state index in [4.69, 9.17) is 10.5 Å². The standard InChI is InChI=1S/C22H37NO5.C16H22N4O3/c1-19(12-24)16-4-3-14-9-15-10-21(14,20(16,2)6-5-17(19)26)7-8-22(15,13-25)28-18(27)11-23;1-3-7-19-14-12(15(22)20(8-4-2)16(19)23)17-13(18-14)10-5-6-11(21)9-10/h14-17,24-26H,3-13,23H2,1-2H3;10H,3-9H2,1-2H3,(H,17,18)/t14-,15+,16-,17+,19-,20-,21-,22-;10-/m00/s1. The molecular weight excluding hydrogens is 654 g/mol. The summed E-state index contributed by atoms with van der Waals surface area (Å²) in [5, 5.41) is 31.2. The Balaban J connectivity index is 0.000000179. The van der Waals surface area contributed by atoms with E-state index in [1.54, 1.807) is 4.57 Å². The number of aromatic nitrogens is 4. The van der Waals surface area contributed by atoms with Crippen LogP contribution in [0.1, 0.15) is 123 Å². The second kappa shape index (κ2) is 14.2. The molecule has 0 radical (unpaired) electrons. The second-order valence-electron chi connectivity index (χ2n) is 16.8. The summed E-state index contributed by atoms with van der Waals surface area (Å²) in [6.45, 7) is 9.01. The van der Waals surface area contributed by atoms with Crippen molar-refractivity contribution in [2.24, 2.45) is 39.7 Å². The fraction of sp³-hybridized carbons (Fsp3) is 0.816. The van der Waals surface area contributed by atoms with Crippen molar-refractivity contribution in [1.82, 2.24) is 19.1 Å². The number of rotatable bonds is 9. The van der Waals surface area contributed by atoms with Gasteiger partial charge >= 0.3 is 11.7 Å². The molecule has 0 aliphatic heterocycles. The number of carbonyl (C=O) groups excluding carboxylic acids is 2. The van der Waals surface area contributed by atoms with Gasteiger partial charge in [0.15, 0.2) is 5.65 Å². The van der Waals surface area contributed by atoms with Crippen molar-refractivity contribution >= 4 is 22.9 Å². The molecule has 13 heteroatoms. The lowest BCUT2D eigenvalue weighted by Gasteiger charge is -2.66. The fourth-order valence-electron chi connectivity index (χ4n) is 11.6. The Kier molecular flexibility index (Phi) is 10.5. The first kappa shape index (κ1) is 37.9. The number of hydrogen-bond donors (Lipinski definition) is 5. The van der Waals surface area contributed by atoms with Gasteiger partial charge in [-0.05, 0) is 93.3 Å². The highest BCUT2D eigenvalue weighted by atomic mass is 16.6. The summed E-state index contributed by atoms with van der Waals surface area (Å²) in [5.74, 6) is 1.48. The highest BCUT2D eigenvalue weighted by molar-refractivity contribution is 5.81. The van der Waals surface area contributed by atoms with E-state index in [1.807, 2.05) is 13.8 Å². The maximum Gasteiger partial charge on any atom is 0.332 e. The van der Waals surface area contributed by atoms with Gasteiger partial charge in [0.25, 0.3) is 5.56 Å². The molecule has 5 fully saturated rings. The summed E-state index contributed by atoms with van der Waals surface area (Å²) >= 11 is 0. The molecule has 1 spiro atoms. The van der Waals surface area contributed by atoms with Crippen LogP contribution in [0.5, 0.6) is 0 Å². The van der Waals surface area contributed by atoms with E-state index in [-0.39, 0.29) is 65.4 Å². The number of carbonyl (C=O) groups is 2. The van der Waals surface area contributed by atoms with Gasteiger partial charge in [-0.1, -0.05) is 27.7 Å². The molecule has 0 amide bonds. The Bertz CT molecular complexity index is 1750. The minimum atomic E-state index is -0.792. The zero-order valence-electron chi connectivity index (χ0n) is 30.9. The van der Waals surface area contributed by atoms with Gasteiger partial charge in [0.05, 0.1) is 25.9 Å². The minimum Gasteiger partial charge on any atom is -0.455 e. The number of nitrogens with one attached hydrogen (secondary N) is 1. The molecule has 0 unspecified atom stereocenters. The number of H-pyrrole nitrogens is 1. The van der Waals surface area contributed by atoms with Crippen molar-refractivity contribution in [3.8, 4) is 0 Å². The Labute approximate surface area is 299 Å². The molecule has 0 saturated heterocycles. The zero-order chi connectivity index (χ0) is 36.9. The number of aliphatic hydroxyl groups excluding tert-OH is 3. The number of aromatic amines is 1. The maximum atomic E-state index is 12.6. The highest BCUT2D eigenvalue weighted by Crippen LogP contribution is 2.75. The van der Waals surface area contributed by atoms with E-state index in [0.717, 1.165) is 57.8 Å². The van der Waals surface area contributed by atoms with Crippen LogP contribution >= 0.6 is 0 Å². The zero-order valence-corrected chi connectivity index (χ0v) is 30.9. The van der Waals surface area contributed by atoms with Crippen molar-refractivity contribution in [2.75, 3.05) is 19.8 Å². The molecule has 5 saturated carbocycles. The van der Waals surface area contributed by atoms with E-state index in [1.165, 1.54) is 4.57 Å². The van der Waals surface area contributed by atoms with E-state index in [2.05, 4.69) is 23.8 Å². The smallest absolute Gasteiger partial charge is 0.332 e. The van der Waals surface area contributed by atoms with Crippen LogP contribution in [0.2, 0.25) is 0 Å². The molecule has 2 aromatic rings. The number of nitrogens with zero attached hydrogens (tertiary/aromatic N) is 3. The molecule has 284 valence electrons. The van der Waals surface area contributed by atoms with Crippen LogP contribution in [0.4, 0.5) is 0 Å². The van der Waals surface area contributed by atoms with Gasteiger partial charge in [0.1, 0.15) is 22.7 Å². The minimum absolute atomic E-state index is 0.0211. The highest BCUT2D eigenvalue weighted by Gasteiger charge is 2.71. The number of ether oxygens (including phenoxy) is 1. The predicted octanol–water partition coefficient (Wildman–Crippen LogP) is 3.14. The third-order valence-corrected chi connectivity index (χ3v) is 14.4. The molecule has 5 aliphatic rings. The maximum absolute atomic E-state index is 12.6. The fourth-order valence-corrected chi connectivity index (χ4v) is 11.6. The molecule has 2 bridgehead atoms. The third-order valence-electron chi connectivity index (χ3n) is 14.4. The normalized spacial score (nSPS) is 37.1. The van der Waals surface area contributed by atoms with Crippen molar-refractivity contribution < 1.29 is 29.6 Å². The predicted molar refractivity (Wildman–Crippen MR) is 191 cm³/mol. The van der Waals surface area contributed by atoms with Crippen molar-refractivity contribution in [3.63, 3.8) is 0 Å². The SMILES string of the molecule is CCCn1c(=O)c2[nH]c([C@H]3CCC(=O)C3)nc2n(CCC)c1=O.C[C@@]1(CO)[C@H](O)CC[C@@]2(C)[C@H]1CC[C@H]1C[C@@H]3C[C@@]12CC[C@@]3(CO)OC(=O)CN. The number of aliphatic hydroxyl groups is 3. The van der Waals surface area contributed by atoms with E-state index >= 15 is 0 Å². The average Bonchev–Trinajstić information content (AvgIpc) is 3.85. The van der Waals surface area contributed by atoms with Gasteiger partial charge in [-0.2, -0.15) is 0 Å². The summed E-state index contributed by atoms with van der Waals surface area (Å²) in [4.78, 5) is 56.3. The van der Waals surface area contributed by atoms with Gasteiger partial charge in [-0.3, -0.25) is 23.5 Å². The number of nitrogens with two attached hydrogens (primary N) is 1. The van der Waals surface area contributed by atoms with Gasteiger partial charge < -0.3 is 30.8 Å². The summed E-state index contributed by atoms with van der Waals surface area (Å²) in [7, 11) is 0. The summed E-state index contributed by atoms with van der Waals surface area (Å²) in [6.07, 6.45) is 10.2. The Morgan fingerprint density at radius 2 is 1.71 bits per heavy atom. The third kappa shape index (κ3) is 5.94. The molecular formula is C38H59N5O8. The van der Waals surface area contributed by atoms with Crippen LogP contribution in [-0.4, -0.2) is 77.6 Å². The van der Waals surface area contributed by atoms with Gasteiger partial charge in [-0.25, -0.2) is 9.78 Å². The van der Waals surface area contributed by atoms with Crippen LogP contribution in [0.3, 0.4) is 0 Å². The Hall–Kier alpha value is -2.87. The topological polar surface area (TPSA) is 203 Å². The quantitative estimate of drug-likeness (QED) is 0.240. The lowest BCUT2D eigenvalue weighted by atomic mass is 9.39. The van der Waals surface area contributed by atoms with Gasteiger partial charge in [0.2, 0.25) is 0 Å². The van der Waals surface area contributed by atoms with E-state index in [9.17, 15) is 34.5 Å². The van der Waals surface area contributed by atoms with Crippen LogP contribution in [-0.2, 0) is 27.4 Å². The van der Waals surface area contributed by atoms with Crippen LogP contribution < -0.4 is 17.0 Å². The first-order valence-electron chi connectivity index (χ1n) is 19.3. The molecule has 5 aliphatic carbocycles. The molecule has 13 nitrogen and oxygen atoms in total. The van der Waals surface area contributed by atoms with Crippen molar-refractivity contribution in [3.05, 3.63) is 26.7 Å². The molecule has 51 heavy (non-hydrogen) atoms. The van der Waals surface area contributed by atoms with Crippen LogP contribution in [0, 0.1) is 34.0 Å². The van der Waals surface area contributed by atoms with Crippen LogP contribution in [0.15, 0.2) is 9.59 Å². The molecule has 6 N–H and O–H groups in total. The number of Topliss-reactive ketones (excluding diaryl/α,β-unsaturated/α-hetero) is 1. The Morgan fingerprint density at radius 1 is 0.980 bits per heavy atom. The molecule has 2 aromatic heterocycles. The van der Waals surface area contributed by atoms with Gasteiger partial charge in [-0.15, -0.1) is 0 Å². The number of aryl methyl sites for hydroxylation is 1. The molecule has 7 rings (SSSR count). The second-order valence-corrected chi connectivity index (χ2v) is 16.8. The summed E-state index contributed by atoms with van der Waals surface area (Å²) in [5.41, 5.74) is 4.61. The number of fused-ring (bicyclic) bond motifs is 3. The largest absolute Gasteiger partial charge is 0.455 e. The summed E-state index contributed by atoms with van der Waals surface area (Å²) < 4.78 is 8.61. The molecule has 2 heterocycles. The first-order chi connectivity index (χ1) is 24.3. The van der Waals surface area contributed by atoms with E-state index < -0.39 is 23.1 Å². The summed E-state index contributed by atoms with van der Waals surface area (Å²) in [6, 6.07) is 0. The van der Waals surface area contributed by atoms with Crippen molar-refractivity contribution in [1.29, 1.82) is 0 Å². The number of hydrogen-bond acceptors (Lipinski definition) is 10. The molecule has 0 aromatic carbocycles. The van der Waals surface area contributed by atoms with E-state index in [0.29, 0.717) is 61.7 Å². The lowest BCUT2D eigenvalue weighted by molar-refractivity contribution is -0.220. The average molecular weight is 714 g/mol. The first-order valence-corrected chi connectivity index (χ1v) is 19.3. The van der Waals surface area contributed by atoms with Crippen molar-refractivity contribution in [2.45, 2.75) is 142 Å². The number of imidazole rings is 1. The number of esters is 1. The number of ketones is 1. The molecule has 9 atom stereocenters. The Morgan fingerprint density at radius 3 is 2.33 bits per heavy atom. The van der Waals surface area contributed by atoms with Crippen LogP contribution in [0.25, 0.3) is 11.2 Å². The monoisotopic (exact) mass is 713 g/mol.